The average molecular weight is 674 g/mol. The topological polar surface area (TPSA) is 115 Å². The molecule has 14 heteroatoms. The number of amides is 1. The van der Waals surface area contributed by atoms with Crippen molar-refractivity contribution in [3.05, 3.63) is 84.9 Å². The van der Waals surface area contributed by atoms with Gasteiger partial charge < -0.3 is 14.9 Å². The molecule has 232 valence electrons. The third-order valence-corrected chi connectivity index (χ3v) is 8.65. The molecular weight excluding hydrogens is 649 g/mol. The Balaban J connectivity index is 1.93. The molecule has 0 radical (unpaired) electrons. The standard InChI is InChI=1S/C31H25Cl3F2N6O3/c1-5-19(43)40-8-10-41(11-9-40)28-16-12-18(32)26(20-21(33)23(35)22(34)24(36)29(20)44)39-30(16)42(31(45)17(28)13-37)27-15(4)6-7-38-25(27)14(2)3/h5-7,12,14,44H,1,8-11H2,2-4H3. The Morgan fingerprint density at radius 1 is 1.13 bits per heavy atom. The van der Waals surface area contributed by atoms with Gasteiger partial charge in [-0.05, 0) is 36.6 Å². The maximum atomic E-state index is 14.9. The molecule has 0 bridgehead atoms. The first-order valence-corrected chi connectivity index (χ1v) is 14.8. The Bertz CT molecular complexity index is 1990. The summed E-state index contributed by atoms with van der Waals surface area (Å²) >= 11 is 18.6. The SMILES string of the molecule is C=CC(=O)N1CCN(c2c(C#N)c(=O)n(-c3c(C)ccnc3C(C)C)c3nc(-c4c(O)c(F)c(Cl)c(F)c4Cl)c(Cl)cc23)CC1. The van der Waals surface area contributed by atoms with E-state index in [4.69, 9.17) is 34.8 Å². The lowest BCUT2D eigenvalue weighted by Gasteiger charge is -2.36. The van der Waals surface area contributed by atoms with Crippen LogP contribution in [0.15, 0.2) is 35.8 Å². The lowest BCUT2D eigenvalue weighted by Crippen LogP contribution is -2.49. The highest BCUT2D eigenvalue weighted by molar-refractivity contribution is 6.39. The van der Waals surface area contributed by atoms with Crippen molar-refractivity contribution >= 4 is 57.4 Å². The van der Waals surface area contributed by atoms with Crippen molar-refractivity contribution in [2.75, 3.05) is 31.1 Å². The zero-order valence-corrected chi connectivity index (χ0v) is 26.5. The largest absolute Gasteiger partial charge is 0.504 e. The third kappa shape index (κ3) is 5.27. The predicted molar refractivity (Wildman–Crippen MR) is 170 cm³/mol. The molecule has 4 aromatic rings. The first kappa shape index (κ1) is 32.2. The first-order valence-electron chi connectivity index (χ1n) is 13.7. The molecule has 1 fully saturated rings. The van der Waals surface area contributed by atoms with Crippen molar-refractivity contribution in [3.63, 3.8) is 0 Å². The number of hydrogen-bond acceptors (Lipinski definition) is 7. The molecule has 1 saturated heterocycles. The molecule has 0 aliphatic carbocycles. The third-order valence-electron chi connectivity index (χ3n) is 7.67. The van der Waals surface area contributed by atoms with E-state index in [0.717, 1.165) is 0 Å². The van der Waals surface area contributed by atoms with E-state index in [1.165, 1.54) is 16.7 Å². The maximum Gasteiger partial charge on any atom is 0.276 e. The van der Waals surface area contributed by atoms with E-state index in [2.05, 4.69) is 16.5 Å². The summed E-state index contributed by atoms with van der Waals surface area (Å²) in [6, 6.07) is 5.13. The van der Waals surface area contributed by atoms with Crippen molar-refractivity contribution < 1.29 is 18.7 Å². The Morgan fingerprint density at radius 2 is 1.80 bits per heavy atom. The Kier molecular flexibility index (Phi) is 8.77. The van der Waals surface area contributed by atoms with Crippen molar-refractivity contribution in [3.8, 4) is 28.8 Å². The van der Waals surface area contributed by atoms with Gasteiger partial charge in [0.2, 0.25) is 5.91 Å². The Morgan fingerprint density at radius 3 is 2.40 bits per heavy atom. The number of pyridine rings is 3. The molecule has 9 nitrogen and oxygen atoms in total. The maximum absolute atomic E-state index is 14.9. The molecule has 3 aromatic heterocycles. The number of phenolic OH excluding ortho intramolecular Hbond substituents is 1. The second kappa shape index (κ2) is 12.3. The molecule has 1 aromatic carbocycles. The number of halogens is 5. The molecule has 1 amide bonds. The zero-order chi connectivity index (χ0) is 32.9. The Labute approximate surface area is 271 Å². The minimum Gasteiger partial charge on any atom is -0.504 e. The molecule has 1 aliphatic heterocycles. The van der Waals surface area contributed by atoms with E-state index in [9.17, 15) is 28.7 Å². The molecule has 45 heavy (non-hydrogen) atoms. The summed E-state index contributed by atoms with van der Waals surface area (Å²) in [6.45, 7) is 10.1. The number of nitriles is 1. The number of piperazine rings is 1. The highest BCUT2D eigenvalue weighted by Crippen LogP contribution is 2.46. The number of phenols is 1. The summed E-state index contributed by atoms with van der Waals surface area (Å²) in [5.41, 5.74) is -0.153. The summed E-state index contributed by atoms with van der Waals surface area (Å²) in [6.07, 6.45) is 2.81. The quantitative estimate of drug-likeness (QED) is 0.146. The number of carbonyl (C=O) groups excluding carboxylic acids is 1. The number of hydrogen-bond donors (Lipinski definition) is 1. The number of aromatic nitrogens is 3. The first-order chi connectivity index (χ1) is 21.3. The normalized spacial score (nSPS) is 13.4. The van der Waals surface area contributed by atoms with Gasteiger partial charge >= 0.3 is 0 Å². The van der Waals surface area contributed by atoms with Crippen molar-refractivity contribution in [1.29, 1.82) is 5.26 Å². The van der Waals surface area contributed by atoms with E-state index in [0.29, 0.717) is 16.9 Å². The van der Waals surface area contributed by atoms with E-state index in [1.807, 2.05) is 19.9 Å². The van der Waals surface area contributed by atoms with Gasteiger partial charge in [-0.3, -0.25) is 19.1 Å². The van der Waals surface area contributed by atoms with E-state index >= 15 is 0 Å². The highest BCUT2D eigenvalue weighted by Gasteiger charge is 2.31. The summed E-state index contributed by atoms with van der Waals surface area (Å²) in [5, 5.41) is 19.4. The molecule has 0 spiro atoms. The van der Waals surface area contributed by atoms with Gasteiger partial charge in [0.1, 0.15) is 22.3 Å². The molecule has 0 unspecified atom stereocenters. The zero-order valence-electron chi connectivity index (χ0n) is 24.3. The van der Waals surface area contributed by atoms with Gasteiger partial charge in [-0.25, -0.2) is 13.8 Å². The fraction of sp³-hybridized carbons (Fsp3) is 0.258. The van der Waals surface area contributed by atoms with Gasteiger partial charge in [0.05, 0.1) is 38.4 Å². The molecule has 1 aliphatic rings. The lowest BCUT2D eigenvalue weighted by atomic mass is 10.0. The number of aromatic hydroxyl groups is 1. The summed E-state index contributed by atoms with van der Waals surface area (Å²) < 4.78 is 30.9. The molecular formula is C31H25Cl3F2N6O3. The van der Waals surface area contributed by atoms with Crippen LogP contribution >= 0.6 is 34.8 Å². The number of fused-ring (bicyclic) bond motifs is 1. The van der Waals surface area contributed by atoms with Gasteiger partial charge in [0.25, 0.3) is 5.56 Å². The van der Waals surface area contributed by atoms with Crippen LogP contribution in [0.4, 0.5) is 14.5 Å². The van der Waals surface area contributed by atoms with Crippen LogP contribution in [0, 0.1) is 29.9 Å². The smallest absolute Gasteiger partial charge is 0.276 e. The van der Waals surface area contributed by atoms with Crippen LogP contribution in [0.1, 0.15) is 36.6 Å². The number of aryl methyl sites for hydroxylation is 1. The summed E-state index contributed by atoms with van der Waals surface area (Å²) in [5.74, 6) is -4.33. The second-order valence-corrected chi connectivity index (χ2v) is 11.8. The van der Waals surface area contributed by atoms with Gasteiger partial charge in [0.15, 0.2) is 17.4 Å². The van der Waals surface area contributed by atoms with Crippen LogP contribution < -0.4 is 10.5 Å². The van der Waals surface area contributed by atoms with Crippen LogP contribution in [-0.2, 0) is 4.79 Å². The number of nitrogens with zero attached hydrogens (tertiary/aromatic N) is 6. The van der Waals surface area contributed by atoms with Gasteiger partial charge in [-0.1, -0.05) is 55.2 Å². The number of anilines is 1. The molecule has 0 saturated carbocycles. The molecule has 4 heterocycles. The van der Waals surface area contributed by atoms with Crippen LogP contribution in [0.3, 0.4) is 0 Å². The summed E-state index contributed by atoms with van der Waals surface area (Å²) in [7, 11) is 0. The van der Waals surface area contributed by atoms with E-state index < -0.39 is 38.6 Å². The van der Waals surface area contributed by atoms with Gasteiger partial charge in [0, 0.05) is 37.8 Å². The number of benzene rings is 1. The van der Waals surface area contributed by atoms with Crippen LogP contribution in [0.5, 0.6) is 5.75 Å². The van der Waals surface area contributed by atoms with E-state index in [-0.39, 0.29) is 71.0 Å². The predicted octanol–water partition coefficient (Wildman–Crippen LogP) is 6.53. The van der Waals surface area contributed by atoms with Gasteiger partial charge in [-0.15, -0.1) is 0 Å². The molecule has 5 rings (SSSR count). The van der Waals surface area contributed by atoms with Crippen LogP contribution in [0.2, 0.25) is 15.1 Å². The minimum atomic E-state index is -1.47. The fourth-order valence-corrected chi connectivity index (χ4v) is 6.23. The highest BCUT2D eigenvalue weighted by atomic mass is 35.5. The van der Waals surface area contributed by atoms with Crippen molar-refractivity contribution in [1.82, 2.24) is 19.4 Å². The van der Waals surface area contributed by atoms with Crippen molar-refractivity contribution in [2.45, 2.75) is 26.7 Å². The second-order valence-electron chi connectivity index (χ2n) is 10.7. The number of carbonyl (C=O) groups is 1. The van der Waals surface area contributed by atoms with Crippen LogP contribution in [0.25, 0.3) is 28.0 Å². The Hall–Kier alpha value is -4.24. The number of rotatable bonds is 5. The minimum absolute atomic E-state index is 0.0396. The van der Waals surface area contributed by atoms with Gasteiger partial charge in [-0.2, -0.15) is 5.26 Å². The van der Waals surface area contributed by atoms with Crippen molar-refractivity contribution in [2.24, 2.45) is 0 Å². The summed E-state index contributed by atoms with van der Waals surface area (Å²) in [4.78, 5) is 39.1. The monoisotopic (exact) mass is 672 g/mol. The molecule has 0 atom stereocenters. The van der Waals surface area contributed by atoms with Crippen LogP contribution in [-0.4, -0.2) is 56.6 Å². The molecule has 1 N–H and O–H groups in total. The van der Waals surface area contributed by atoms with E-state index in [1.54, 1.807) is 29.0 Å². The lowest BCUT2D eigenvalue weighted by molar-refractivity contribution is -0.126. The average Bonchev–Trinajstić information content (AvgIpc) is 3.02. The fourth-order valence-electron chi connectivity index (χ4n) is 5.48.